The second-order valence-corrected chi connectivity index (χ2v) is 3.06. The van der Waals surface area contributed by atoms with Gasteiger partial charge in [0.15, 0.2) is 0 Å². The normalized spacial score (nSPS) is 9.36. The highest BCUT2D eigenvalue weighted by Crippen LogP contribution is 2.12. The molecule has 0 fully saturated rings. The highest BCUT2D eigenvalue weighted by Gasteiger charge is 1.98. The Morgan fingerprint density at radius 3 is 1.82 bits per heavy atom. The average molecular weight is 182 g/mol. The minimum absolute atomic E-state index is 0.833. The van der Waals surface area contributed by atoms with Crippen LogP contribution in [0.3, 0.4) is 0 Å². The predicted molar refractivity (Wildman–Crippen MR) is 41.1 cm³/mol. The first-order valence-electron chi connectivity index (χ1n) is 2.34. The molecule has 0 heterocycles. The summed E-state index contributed by atoms with van der Waals surface area (Å²) in [6, 6.07) is 0. The smallest absolute Gasteiger partial charge is 0.327 e. The van der Waals surface area contributed by atoms with E-state index in [4.69, 9.17) is 5.11 Å². The van der Waals surface area contributed by atoms with E-state index in [1.807, 2.05) is 0 Å². The molecule has 0 saturated carbocycles. The van der Waals surface area contributed by atoms with Crippen molar-refractivity contribution in [3.63, 3.8) is 0 Å². The lowest BCUT2D eigenvalue weighted by Gasteiger charge is -1.98. The first-order valence-corrected chi connectivity index (χ1v) is 4.18. The fraction of sp³-hybridized carbons (Fsp3) is 0. The SMILES string of the molecule is C=CC(=O)O.NNP(N)(N)=O. The van der Waals surface area contributed by atoms with Crippen molar-refractivity contribution in [1.29, 1.82) is 0 Å². The number of rotatable bonds is 2. The molecule has 8 heteroatoms. The highest BCUT2D eigenvalue weighted by molar-refractivity contribution is 7.56. The van der Waals surface area contributed by atoms with Crippen LogP contribution in [0.15, 0.2) is 12.7 Å². The summed E-state index contributed by atoms with van der Waals surface area (Å²) in [4.78, 5) is 9.25. The first kappa shape index (κ1) is 12.9. The largest absolute Gasteiger partial charge is 0.478 e. The van der Waals surface area contributed by atoms with Gasteiger partial charge in [-0.05, 0) is 0 Å². The first-order chi connectivity index (χ1) is 4.83. The second-order valence-electron chi connectivity index (χ2n) is 1.38. The Bertz CT molecular complexity index is 175. The van der Waals surface area contributed by atoms with Crippen molar-refractivity contribution in [2.45, 2.75) is 0 Å². The van der Waals surface area contributed by atoms with Gasteiger partial charge in [-0.1, -0.05) is 6.58 Å². The fourth-order valence-corrected chi connectivity index (χ4v) is 0. The van der Waals surface area contributed by atoms with Crippen LogP contribution in [0.5, 0.6) is 0 Å². The van der Waals surface area contributed by atoms with E-state index < -0.39 is 13.6 Å². The predicted octanol–water partition coefficient (Wildman–Crippen LogP) is -1.27. The van der Waals surface area contributed by atoms with Crippen molar-refractivity contribution in [3.8, 4) is 0 Å². The molecule has 8 N–H and O–H groups in total. The Kier molecular flexibility index (Phi) is 7.07. The summed E-state index contributed by atoms with van der Waals surface area (Å²) in [5, 5.41) is 9.32. The topological polar surface area (TPSA) is 144 Å². The molecule has 0 aliphatic rings. The van der Waals surface area contributed by atoms with Gasteiger partial charge in [0.25, 0.3) is 7.59 Å². The summed E-state index contributed by atoms with van der Waals surface area (Å²) in [5.74, 6) is 3.56. The van der Waals surface area contributed by atoms with Gasteiger partial charge in [0.1, 0.15) is 0 Å². The lowest BCUT2D eigenvalue weighted by atomic mass is 10.7. The molecule has 0 aromatic heterocycles. The van der Waals surface area contributed by atoms with Crippen LogP contribution in [0.1, 0.15) is 0 Å². The quantitative estimate of drug-likeness (QED) is 0.155. The molecule has 7 nitrogen and oxygen atoms in total. The molecule has 0 saturated heterocycles. The third kappa shape index (κ3) is 26.8. The van der Waals surface area contributed by atoms with Crippen LogP contribution < -0.4 is 22.0 Å². The second kappa shape index (κ2) is 6.02. The van der Waals surface area contributed by atoms with Crippen LogP contribution in [0.2, 0.25) is 0 Å². The van der Waals surface area contributed by atoms with Crippen LogP contribution in [-0.4, -0.2) is 11.1 Å². The standard InChI is InChI=1S/C3H4O2.H7N4OP/c1-2-3(4)5;1-4-6(2,3)5/h2H,1H2,(H,4,5);1H2,(H5,2,3,4,5). The molecule has 66 valence electrons. The van der Waals surface area contributed by atoms with Gasteiger partial charge >= 0.3 is 5.97 Å². The van der Waals surface area contributed by atoms with E-state index >= 15 is 0 Å². The fourth-order valence-electron chi connectivity index (χ4n) is 0. The van der Waals surface area contributed by atoms with Crippen LogP contribution in [-0.2, 0) is 9.36 Å². The monoisotopic (exact) mass is 182 g/mol. The summed E-state index contributed by atoms with van der Waals surface area (Å²) >= 11 is 0. The van der Waals surface area contributed by atoms with Crippen molar-refractivity contribution in [1.82, 2.24) is 5.20 Å². The number of carbonyl (C=O) groups is 1. The zero-order valence-electron chi connectivity index (χ0n) is 5.73. The zero-order chi connectivity index (χ0) is 9.49. The minimum Gasteiger partial charge on any atom is -0.478 e. The van der Waals surface area contributed by atoms with E-state index in [0.29, 0.717) is 0 Å². The van der Waals surface area contributed by atoms with Crippen LogP contribution in [0.4, 0.5) is 0 Å². The van der Waals surface area contributed by atoms with Gasteiger partial charge in [-0.2, -0.15) is 5.20 Å². The van der Waals surface area contributed by atoms with Gasteiger partial charge in [-0.15, -0.1) is 0 Å². The average Bonchev–Trinajstić information content (AvgIpc) is 1.88. The number of carboxylic acids is 1. The Morgan fingerprint density at radius 2 is 1.82 bits per heavy atom. The summed E-state index contributed by atoms with van der Waals surface area (Å²) < 4.78 is 9.90. The minimum atomic E-state index is -3.12. The number of carboxylic acid groups (broad SMARTS) is 1. The molecule has 11 heavy (non-hydrogen) atoms. The third-order valence-electron chi connectivity index (χ3n) is 0.376. The van der Waals surface area contributed by atoms with E-state index in [-0.39, 0.29) is 0 Å². The van der Waals surface area contributed by atoms with E-state index in [1.165, 1.54) is 0 Å². The third-order valence-corrected chi connectivity index (χ3v) is 0.780. The molecule has 0 rings (SSSR count). The summed E-state index contributed by atoms with van der Waals surface area (Å²) in [5.41, 5.74) is 9.26. The number of hydrazine groups is 1. The maximum absolute atomic E-state index is 9.90. The summed E-state index contributed by atoms with van der Waals surface area (Å²) in [7, 11) is -3.12. The molecular formula is C3H11N4O3P. The van der Waals surface area contributed by atoms with E-state index in [2.05, 4.69) is 23.4 Å². The van der Waals surface area contributed by atoms with E-state index in [9.17, 15) is 9.36 Å². The molecule has 0 spiro atoms. The molecular weight excluding hydrogens is 171 g/mol. The van der Waals surface area contributed by atoms with Crippen LogP contribution in [0, 0.1) is 0 Å². The molecule has 0 aliphatic heterocycles. The number of aliphatic carboxylic acids is 1. The Morgan fingerprint density at radius 1 is 1.64 bits per heavy atom. The maximum Gasteiger partial charge on any atom is 0.327 e. The summed E-state index contributed by atoms with van der Waals surface area (Å²) in [6.45, 7) is 2.96. The van der Waals surface area contributed by atoms with Crippen LogP contribution in [0.25, 0.3) is 0 Å². The van der Waals surface area contributed by atoms with Crippen molar-refractivity contribution in [2.24, 2.45) is 16.9 Å². The van der Waals surface area contributed by atoms with Crippen molar-refractivity contribution in [3.05, 3.63) is 12.7 Å². The van der Waals surface area contributed by atoms with Gasteiger partial charge in [-0.25, -0.2) is 4.79 Å². The van der Waals surface area contributed by atoms with Crippen molar-refractivity contribution >= 4 is 13.6 Å². The van der Waals surface area contributed by atoms with Gasteiger partial charge in [0, 0.05) is 6.08 Å². The zero-order valence-corrected chi connectivity index (χ0v) is 6.62. The van der Waals surface area contributed by atoms with Gasteiger partial charge in [-0.3, -0.25) is 21.4 Å². The number of hydrogen-bond acceptors (Lipinski definition) is 3. The van der Waals surface area contributed by atoms with Gasteiger partial charge < -0.3 is 5.11 Å². The van der Waals surface area contributed by atoms with Gasteiger partial charge in [0.05, 0.1) is 0 Å². The van der Waals surface area contributed by atoms with Crippen LogP contribution >= 0.6 is 7.59 Å². The molecule has 0 aromatic carbocycles. The molecule has 0 amide bonds. The molecule has 0 aliphatic carbocycles. The Balaban J connectivity index is 0. The molecule has 0 radical (unpaired) electrons. The lowest BCUT2D eigenvalue weighted by molar-refractivity contribution is -0.131. The number of hydrogen-bond donors (Lipinski definition) is 5. The lowest BCUT2D eigenvalue weighted by Crippen LogP contribution is -2.27. The van der Waals surface area contributed by atoms with Gasteiger partial charge in [0.2, 0.25) is 0 Å². The van der Waals surface area contributed by atoms with E-state index in [0.717, 1.165) is 6.08 Å². The highest BCUT2D eigenvalue weighted by atomic mass is 31.2. The molecule has 0 bridgehead atoms. The molecule has 0 unspecified atom stereocenters. The molecule has 0 aromatic rings. The van der Waals surface area contributed by atoms with Crippen molar-refractivity contribution in [2.75, 3.05) is 0 Å². The Labute approximate surface area is 63.7 Å². The number of nitrogens with two attached hydrogens (primary N) is 3. The van der Waals surface area contributed by atoms with E-state index in [1.54, 1.807) is 5.20 Å². The molecule has 0 atom stereocenters. The van der Waals surface area contributed by atoms with Crippen molar-refractivity contribution < 1.29 is 14.5 Å². The number of nitrogens with one attached hydrogen (secondary N) is 1. The summed E-state index contributed by atoms with van der Waals surface area (Å²) in [6.07, 6.45) is 0.833. The maximum atomic E-state index is 9.90. The Hall–Kier alpha value is -0.720.